The van der Waals surface area contributed by atoms with E-state index in [0.717, 1.165) is 12.1 Å². The monoisotopic (exact) mass is 299 g/mol. The summed E-state index contributed by atoms with van der Waals surface area (Å²) in [4.78, 5) is 1.92. The smallest absolute Gasteiger partial charge is 0.128 e. The third-order valence-electron chi connectivity index (χ3n) is 4.39. The summed E-state index contributed by atoms with van der Waals surface area (Å²) < 4.78 is 32.5. The molecule has 6 heteroatoms. The minimum atomic E-state index is -0.575. The number of aliphatic hydroxyl groups excluding tert-OH is 2. The van der Waals surface area contributed by atoms with Crippen molar-refractivity contribution in [1.82, 2.24) is 4.90 Å². The predicted molar refractivity (Wildman–Crippen MR) is 71.6 cm³/mol. The van der Waals surface area contributed by atoms with Crippen molar-refractivity contribution in [3.63, 3.8) is 0 Å². The van der Waals surface area contributed by atoms with Crippen molar-refractivity contribution in [2.24, 2.45) is 5.41 Å². The third-order valence-corrected chi connectivity index (χ3v) is 4.39. The maximum atomic E-state index is 14.0. The van der Waals surface area contributed by atoms with E-state index in [2.05, 4.69) is 0 Å². The zero-order chi connectivity index (χ0) is 15.0. The van der Waals surface area contributed by atoms with E-state index in [-0.39, 0.29) is 23.6 Å². The highest BCUT2D eigenvalue weighted by molar-refractivity contribution is 5.24. The van der Waals surface area contributed by atoms with Gasteiger partial charge in [-0.05, 0) is 24.6 Å². The summed E-state index contributed by atoms with van der Waals surface area (Å²) in [5, 5.41) is 19.4. The topological polar surface area (TPSA) is 52.9 Å². The number of likely N-dealkylation sites (tertiary alicyclic amines) is 1. The lowest BCUT2D eigenvalue weighted by molar-refractivity contribution is -0.150. The zero-order valence-electron chi connectivity index (χ0n) is 11.6. The molecule has 3 rings (SSSR count). The van der Waals surface area contributed by atoms with Crippen molar-refractivity contribution in [3.8, 4) is 0 Å². The fourth-order valence-electron chi connectivity index (χ4n) is 3.20. The Morgan fingerprint density at radius 3 is 2.71 bits per heavy atom. The molecule has 0 amide bonds. The first-order valence-corrected chi connectivity index (χ1v) is 7.09. The Hall–Kier alpha value is -1.08. The summed E-state index contributed by atoms with van der Waals surface area (Å²) >= 11 is 0. The fraction of sp³-hybridized carbons (Fsp3) is 0.600. The number of benzene rings is 1. The van der Waals surface area contributed by atoms with Crippen LogP contribution in [0.5, 0.6) is 0 Å². The van der Waals surface area contributed by atoms with Crippen LogP contribution in [0.3, 0.4) is 0 Å². The van der Waals surface area contributed by atoms with E-state index < -0.39 is 17.7 Å². The number of aliphatic hydroxyl groups is 2. The number of rotatable bonds is 4. The van der Waals surface area contributed by atoms with Gasteiger partial charge in [0, 0.05) is 24.7 Å². The van der Waals surface area contributed by atoms with Gasteiger partial charge in [0.15, 0.2) is 0 Å². The molecule has 2 N–H and O–H groups in total. The molecule has 2 saturated heterocycles. The van der Waals surface area contributed by atoms with Gasteiger partial charge in [-0.25, -0.2) is 8.78 Å². The van der Waals surface area contributed by atoms with Gasteiger partial charge in [0.05, 0.1) is 31.3 Å². The first-order valence-electron chi connectivity index (χ1n) is 7.09. The predicted octanol–water partition coefficient (Wildman–Crippen LogP) is 1.08. The minimum Gasteiger partial charge on any atom is -0.396 e. The van der Waals surface area contributed by atoms with Gasteiger partial charge in [-0.1, -0.05) is 0 Å². The molecule has 1 aromatic carbocycles. The van der Waals surface area contributed by atoms with Crippen LogP contribution in [0.2, 0.25) is 0 Å². The SMILES string of the molecule is OCC1(CN2C[C@H](O)C[C@@H]2c2cc(F)ccc2F)COC1. The molecular weight excluding hydrogens is 280 g/mol. The second-order valence-electron chi connectivity index (χ2n) is 6.15. The van der Waals surface area contributed by atoms with E-state index in [0.29, 0.717) is 32.7 Å². The summed E-state index contributed by atoms with van der Waals surface area (Å²) in [5.74, 6) is -0.958. The number of β-amino-alcohol motifs (C(OH)–C–C–N with tert-alkyl or cyclic N) is 1. The summed E-state index contributed by atoms with van der Waals surface area (Å²) in [6.07, 6.45) is -0.211. The van der Waals surface area contributed by atoms with Crippen LogP contribution in [0.25, 0.3) is 0 Å². The molecule has 2 heterocycles. The lowest BCUT2D eigenvalue weighted by Crippen LogP contribution is -2.53. The van der Waals surface area contributed by atoms with Crippen molar-refractivity contribution in [1.29, 1.82) is 0 Å². The van der Waals surface area contributed by atoms with Gasteiger partial charge < -0.3 is 14.9 Å². The summed E-state index contributed by atoms with van der Waals surface area (Å²) in [6, 6.07) is 3.01. The molecule has 1 aromatic rings. The number of hydrogen-bond donors (Lipinski definition) is 2. The summed E-state index contributed by atoms with van der Waals surface area (Å²) in [5.41, 5.74) is -0.0913. The number of ether oxygens (including phenoxy) is 1. The lowest BCUT2D eigenvalue weighted by Gasteiger charge is -2.43. The van der Waals surface area contributed by atoms with Gasteiger partial charge in [0.25, 0.3) is 0 Å². The van der Waals surface area contributed by atoms with Crippen LogP contribution in [0.15, 0.2) is 18.2 Å². The highest BCUT2D eigenvalue weighted by Crippen LogP contribution is 2.38. The molecule has 21 heavy (non-hydrogen) atoms. The van der Waals surface area contributed by atoms with Crippen molar-refractivity contribution in [2.45, 2.75) is 18.6 Å². The Kier molecular flexibility index (Phi) is 3.96. The van der Waals surface area contributed by atoms with Crippen LogP contribution in [-0.2, 0) is 4.74 Å². The van der Waals surface area contributed by atoms with Crippen molar-refractivity contribution >= 4 is 0 Å². The van der Waals surface area contributed by atoms with Crippen molar-refractivity contribution < 1.29 is 23.7 Å². The van der Waals surface area contributed by atoms with Crippen LogP contribution in [-0.4, -0.2) is 54.1 Å². The first kappa shape index (κ1) is 14.8. The average molecular weight is 299 g/mol. The van der Waals surface area contributed by atoms with Crippen LogP contribution >= 0.6 is 0 Å². The Balaban J connectivity index is 1.83. The summed E-state index contributed by atoms with van der Waals surface area (Å²) in [7, 11) is 0. The van der Waals surface area contributed by atoms with Gasteiger partial charge in [-0.3, -0.25) is 4.90 Å². The second-order valence-corrected chi connectivity index (χ2v) is 6.15. The molecule has 2 atom stereocenters. The Bertz CT molecular complexity index is 516. The molecule has 4 nitrogen and oxygen atoms in total. The molecule has 0 spiro atoms. The largest absolute Gasteiger partial charge is 0.396 e. The molecule has 0 unspecified atom stereocenters. The van der Waals surface area contributed by atoms with E-state index in [9.17, 15) is 19.0 Å². The minimum absolute atomic E-state index is 0.0159. The van der Waals surface area contributed by atoms with E-state index in [4.69, 9.17) is 4.74 Å². The van der Waals surface area contributed by atoms with Crippen LogP contribution in [0, 0.1) is 17.0 Å². The maximum Gasteiger partial charge on any atom is 0.128 e. The van der Waals surface area contributed by atoms with Gasteiger partial charge in [-0.2, -0.15) is 0 Å². The highest BCUT2D eigenvalue weighted by Gasteiger charge is 2.44. The quantitative estimate of drug-likeness (QED) is 0.873. The molecule has 2 aliphatic rings. The number of nitrogens with zero attached hydrogens (tertiary/aromatic N) is 1. The summed E-state index contributed by atoms with van der Waals surface area (Å²) in [6.45, 7) is 1.78. The second kappa shape index (κ2) is 5.61. The van der Waals surface area contributed by atoms with Gasteiger partial charge >= 0.3 is 0 Å². The lowest BCUT2D eigenvalue weighted by atomic mass is 9.86. The average Bonchev–Trinajstić information content (AvgIpc) is 2.77. The molecule has 0 saturated carbocycles. The number of halogens is 2. The Morgan fingerprint density at radius 2 is 2.10 bits per heavy atom. The zero-order valence-corrected chi connectivity index (χ0v) is 11.6. The van der Waals surface area contributed by atoms with Crippen LogP contribution < -0.4 is 0 Å². The van der Waals surface area contributed by atoms with Gasteiger partial charge in [0.1, 0.15) is 11.6 Å². The van der Waals surface area contributed by atoms with E-state index in [1.54, 1.807) is 0 Å². The van der Waals surface area contributed by atoms with Gasteiger partial charge in [-0.15, -0.1) is 0 Å². The Labute approximate surface area is 121 Å². The molecule has 0 radical (unpaired) electrons. The third kappa shape index (κ3) is 2.81. The standard InChI is InChI=1S/C15H19F2NO3/c16-10-1-2-13(17)12(3-10)14-4-11(20)5-18(14)6-15(7-19)8-21-9-15/h1-3,11,14,19-20H,4-9H2/t11-,14-/m1/s1. The van der Waals surface area contributed by atoms with E-state index in [1.807, 2.05) is 4.90 Å². The van der Waals surface area contributed by atoms with Crippen molar-refractivity contribution in [2.75, 3.05) is 32.9 Å². The molecule has 116 valence electrons. The Morgan fingerprint density at radius 1 is 1.33 bits per heavy atom. The molecule has 0 aromatic heterocycles. The van der Waals surface area contributed by atoms with E-state index in [1.165, 1.54) is 6.07 Å². The molecule has 2 aliphatic heterocycles. The van der Waals surface area contributed by atoms with Crippen molar-refractivity contribution in [3.05, 3.63) is 35.4 Å². The molecule has 2 fully saturated rings. The van der Waals surface area contributed by atoms with E-state index >= 15 is 0 Å². The highest BCUT2D eigenvalue weighted by atomic mass is 19.1. The normalized spacial score (nSPS) is 28.6. The van der Waals surface area contributed by atoms with Crippen LogP contribution in [0.4, 0.5) is 8.78 Å². The molecular formula is C15H19F2NO3. The maximum absolute atomic E-state index is 14.0. The van der Waals surface area contributed by atoms with Crippen LogP contribution in [0.1, 0.15) is 18.0 Å². The molecule has 0 aliphatic carbocycles. The molecule has 0 bridgehead atoms. The number of hydrogen-bond acceptors (Lipinski definition) is 4. The first-order chi connectivity index (χ1) is 10.0. The van der Waals surface area contributed by atoms with Gasteiger partial charge in [0.2, 0.25) is 0 Å². The fourth-order valence-corrected chi connectivity index (χ4v) is 3.20.